The maximum Gasteiger partial charge on any atom is 0.0586 e. The lowest BCUT2D eigenvalue weighted by atomic mass is 9.85. The highest BCUT2D eigenvalue weighted by Gasteiger charge is 2.33. The summed E-state index contributed by atoms with van der Waals surface area (Å²) < 4.78 is 5.52. The van der Waals surface area contributed by atoms with Crippen molar-refractivity contribution in [2.24, 2.45) is 5.73 Å². The second-order valence-corrected chi connectivity index (χ2v) is 5.29. The molecule has 2 saturated carbocycles. The van der Waals surface area contributed by atoms with E-state index in [1.165, 1.54) is 44.9 Å². The van der Waals surface area contributed by atoms with Crippen LogP contribution in [-0.4, -0.2) is 43.3 Å². The molecule has 0 radical (unpaired) electrons. The van der Waals surface area contributed by atoms with Gasteiger partial charge in [0.05, 0.1) is 6.10 Å². The Hall–Kier alpha value is -0.120. The van der Waals surface area contributed by atoms with Crippen molar-refractivity contribution < 1.29 is 4.74 Å². The van der Waals surface area contributed by atoms with Crippen LogP contribution < -0.4 is 5.73 Å². The van der Waals surface area contributed by atoms with Gasteiger partial charge in [-0.25, -0.2) is 0 Å². The molecule has 3 nitrogen and oxygen atoms in total. The van der Waals surface area contributed by atoms with Crippen LogP contribution in [0.1, 0.15) is 44.9 Å². The third-order valence-corrected chi connectivity index (χ3v) is 4.33. The molecule has 2 fully saturated rings. The van der Waals surface area contributed by atoms with Gasteiger partial charge in [-0.15, -0.1) is 0 Å². The van der Waals surface area contributed by atoms with E-state index in [1.807, 2.05) is 7.11 Å². The third-order valence-electron chi connectivity index (χ3n) is 4.33. The van der Waals surface area contributed by atoms with E-state index < -0.39 is 0 Å². The molecule has 2 aliphatic rings. The Balaban J connectivity index is 1.90. The summed E-state index contributed by atoms with van der Waals surface area (Å²) in [4.78, 5) is 2.68. The molecule has 0 spiro atoms. The predicted octanol–water partition coefficient (Wildman–Crippen LogP) is 1.76. The van der Waals surface area contributed by atoms with Gasteiger partial charge in [-0.2, -0.15) is 0 Å². The molecular formula is C13H26N2O. The molecule has 0 bridgehead atoms. The Labute approximate surface area is 99.3 Å². The van der Waals surface area contributed by atoms with E-state index in [4.69, 9.17) is 10.5 Å². The van der Waals surface area contributed by atoms with E-state index in [-0.39, 0.29) is 0 Å². The lowest BCUT2D eigenvalue weighted by Crippen LogP contribution is -2.50. The average molecular weight is 226 g/mol. The van der Waals surface area contributed by atoms with Gasteiger partial charge in [0.2, 0.25) is 0 Å². The van der Waals surface area contributed by atoms with Gasteiger partial charge in [0.25, 0.3) is 0 Å². The number of rotatable bonds is 5. The number of hydrogen-bond donors (Lipinski definition) is 1. The fourth-order valence-corrected chi connectivity index (χ4v) is 3.17. The smallest absolute Gasteiger partial charge is 0.0586 e. The number of hydrogen-bond acceptors (Lipinski definition) is 3. The van der Waals surface area contributed by atoms with Crippen molar-refractivity contribution in [1.29, 1.82) is 0 Å². The van der Waals surface area contributed by atoms with Crippen molar-refractivity contribution in [2.75, 3.05) is 20.2 Å². The van der Waals surface area contributed by atoms with E-state index in [0.29, 0.717) is 6.10 Å². The molecule has 2 rings (SSSR count). The summed E-state index contributed by atoms with van der Waals surface area (Å²) in [5, 5.41) is 0. The Bertz CT molecular complexity index is 206. The van der Waals surface area contributed by atoms with Crippen LogP contribution in [0, 0.1) is 0 Å². The van der Waals surface area contributed by atoms with Gasteiger partial charge in [0.1, 0.15) is 0 Å². The van der Waals surface area contributed by atoms with Crippen LogP contribution in [0.2, 0.25) is 0 Å². The molecule has 0 aromatic heterocycles. The molecular weight excluding hydrogens is 200 g/mol. The van der Waals surface area contributed by atoms with Crippen molar-refractivity contribution >= 4 is 0 Å². The van der Waals surface area contributed by atoms with Crippen LogP contribution in [0.15, 0.2) is 0 Å². The van der Waals surface area contributed by atoms with Crippen molar-refractivity contribution in [1.82, 2.24) is 4.90 Å². The first kappa shape index (κ1) is 12.3. The molecule has 2 aliphatic carbocycles. The van der Waals surface area contributed by atoms with Crippen LogP contribution in [-0.2, 0) is 4.74 Å². The summed E-state index contributed by atoms with van der Waals surface area (Å²) in [5.74, 6) is 0. The number of nitrogens with zero attached hydrogens (tertiary/aromatic N) is 1. The standard InChI is InChI=1S/C13H26N2O/c1-16-13-7-3-6-12(10-13)15(9-8-14)11-4-2-5-11/h11-13H,2-10,14H2,1H3. The minimum atomic E-state index is 0.485. The number of ether oxygens (including phenoxy) is 1. The fourth-order valence-electron chi connectivity index (χ4n) is 3.17. The molecule has 16 heavy (non-hydrogen) atoms. The van der Waals surface area contributed by atoms with Crippen LogP contribution in [0.5, 0.6) is 0 Å². The molecule has 0 aromatic carbocycles. The van der Waals surface area contributed by atoms with Gasteiger partial charge in [0, 0.05) is 32.3 Å². The first-order valence-electron chi connectivity index (χ1n) is 6.83. The highest BCUT2D eigenvalue weighted by atomic mass is 16.5. The van der Waals surface area contributed by atoms with E-state index >= 15 is 0 Å². The summed E-state index contributed by atoms with van der Waals surface area (Å²) in [5.41, 5.74) is 5.75. The van der Waals surface area contributed by atoms with Crippen LogP contribution >= 0.6 is 0 Å². The zero-order chi connectivity index (χ0) is 11.4. The molecule has 0 saturated heterocycles. The number of methoxy groups -OCH3 is 1. The van der Waals surface area contributed by atoms with Gasteiger partial charge < -0.3 is 10.5 Å². The van der Waals surface area contributed by atoms with Crippen molar-refractivity contribution in [3.63, 3.8) is 0 Å². The molecule has 2 atom stereocenters. The lowest BCUT2D eigenvalue weighted by Gasteiger charge is -2.45. The normalized spacial score (nSPS) is 31.7. The first-order chi connectivity index (χ1) is 7.85. The maximum atomic E-state index is 5.75. The molecule has 0 amide bonds. The van der Waals surface area contributed by atoms with Gasteiger partial charge >= 0.3 is 0 Å². The minimum absolute atomic E-state index is 0.485. The average Bonchev–Trinajstić information content (AvgIpc) is 2.26. The fraction of sp³-hybridized carbons (Fsp3) is 1.00. The van der Waals surface area contributed by atoms with Gasteiger partial charge in [-0.3, -0.25) is 4.90 Å². The Kier molecular flexibility index (Phi) is 4.62. The summed E-state index contributed by atoms with van der Waals surface area (Å²) in [6, 6.07) is 1.55. The van der Waals surface area contributed by atoms with Gasteiger partial charge in [-0.05, 0) is 38.5 Å². The van der Waals surface area contributed by atoms with Crippen molar-refractivity contribution in [3.8, 4) is 0 Å². The predicted molar refractivity (Wildman–Crippen MR) is 66.5 cm³/mol. The molecule has 2 N–H and O–H groups in total. The summed E-state index contributed by atoms with van der Waals surface area (Å²) in [7, 11) is 1.85. The largest absolute Gasteiger partial charge is 0.381 e. The Morgan fingerprint density at radius 2 is 1.81 bits per heavy atom. The van der Waals surface area contributed by atoms with Crippen molar-refractivity contribution in [2.45, 2.75) is 63.1 Å². The molecule has 0 aliphatic heterocycles. The SMILES string of the molecule is COC1CCCC(N(CCN)C2CCC2)C1. The molecule has 3 heteroatoms. The lowest BCUT2D eigenvalue weighted by molar-refractivity contribution is 0.000791. The second-order valence-electron chi connectivity index (χ2n) is 5.29. The van der Waals surface area contributed by atoms with E-state index in [9.17, 15) is 0 Å². The third kappa shape index (κ3) is 2.76. The van der Waals surface area contributed by atoms with Crippen LogP contribution in [0.3, 0.4) is 0 Å². The molecule has 2 unspecified atom stereocenters. The number of nitrogens with two attached hydrogens (primary N) is 1. The second kappa shape index (κ2) is 5.99. The monoisotopic (exact) mass is 226 g/mol. The van der Waals surface area contributed by atoms with Gasteiger partial charge in [-0.1, -0.05) is 6.42 Å². The first-order valence-corrected chi connectivity index (χ1v) is 6.83. The maximum absolute atomic E-state index is 5.75. The van der Waals surface area contributed by atoms with Crippen LogP contribution in [0.25, 0.3) is 0 Å². The van der Waals surface area contributed by atoms with E-state index in [2.05, 4.69) is 4.90 Å². The van der Waals surface area contributed by atoms with E-state index in [0.717, 1.165) is 25.2 Å². The Morgan fingerprint density at radius 1 is 1.12 bits per heavy atom. The van der Waals surface area contributed by atoms with E-state index in [1.54, 1.807) is 0 Å². The summed E-state index contributed by atoms with van der Waals surface area (Å²) in [6.45, 7) is 1.87. The highest BCUT2D eigenvalue weighted by molar-refractivity contribution is 4.88. The van der Waals surface area contributed by atoms with Crippen LogP contribution in [0.4, 0.5) is 0 Å². The molecule has 0 heterocycles. The Morgan fingerprint density at radius 3 is 2.38 bits per heavy atom. The minimum Gasteiger partial charge on any atom is -0.381 e. The zero-order valence-electron chi connectivity index (χ0n) is 10.5. The molecule has 94 valence electrons. The van der Waals surface area contributed by atoms with Crippen molar-refractivity contribution in [3.05, 3.63) is 0 Å². The quantitative estimate of drug-likeness (QED) is 0.776. The molecule has 0 aromatic rings. The zero-order valence-corrected chi connectivity index (χ0v) is 10.5. The summed E-state index contributed by atoms with van der Waals surface area (Å²) in [6.07, 6.45) is 9.78. The van der Waals surface area contributed by atoms with Gasteiger partial charge in [0.15, 0.2) is 0 Å². The summed E-state index contributed by atoms with van der Waals surface area (Å²) >= 11 is 0. The highest BCUT2D eigenvalue weighted by Crippen LogP contribution is 2.32. The topological polar surface area (TPSA) is 38.5 Å².